The molecule has 1 unspecified atom stereocenters. The zero-order chi connectivity index (χ0) is 37.1. The van der Waals surface area contributed by atoms with Gasteiger partial charge in [-0.3, -0.25) is 9.69 Å². The molecule has 1 saturated heterocycles. The molecule has 0 bridgehead atoms. The quantitative estimate of drug-likeness (QED) is 0.147. The van der Waals surface area contributed by atoms with Gasteiger partial charge in [0, 0.05) is 35.6 Å². The van der Waals surface area contributed by atoms with Crippen LogP contribution in [0.25, 0.3) is 22.2 Å². The highest BCUT2D eigenvalue weighted by atomic mass is 32.2. The summed E-state index contributed by atoms with van der Waals surface area (Å²) in [5.41, 5.74) is -1.58. The molecule has 3 N–H and O–H groups in total. The highest BCUT2D eigenvalue weighted by Crippen LogP contribution is 2.38. The number of hydrogen-bond acceptors (Lipinski definition) is 7. The van der Waals surface area contributed by atoms with E-state index in [1.165, 1.54) is 74.5 Å². The SMILES string of the molecule is CC(C)S(=O)(=O)c1ccc2nc(-c3cccc(C(F)(F)F)c3)c(CN3CCC(NCCO)CC3)c(C(=O)NC(c3ccccc3)C(F)(F)F)c2c1. The molecule has 2 heterocycles. The standard InChI is InChI=1S/C36H38F6N4O4S/c1-22(2)51(49,50)27-11-12-30-28(20-27)31(34(48)45-33(36(40,41)42)23-7-4-3-5-8-23)29(21-46-16-13-26(14-17-46)43-15-18-47)32(44-30)24-9-6-10-25(19-24)35(37,38)39/h3-12,19-20,22,26,33,43,47H,13-18,21H2,1-2H3,(H,45,48). The first-order valence-corrected chi connectivity index (χ1v) is 17.9. The molecule has 1 aromatic heterocycles. The maximum atomic E-state index is 14.6. The number of aliphatic hydroxyl groups excluding tert-OH is 1. The van der Waals surface area contributed by atoms with Crippen LogP contribution in [0.15, 0.2) is 77.7 Å². The number of pyridine rings is 1. The molecule has 0 aliphatic carbocycles. The van der Waals surface area contributed by atoms with Gasteiger partial charge in [-0.05, 0) is 75.7 Å². The highest BCUT2D eigenvalue weighted by molar-refractivity contribution is 7.92. The Labute approximate surface area is 291 Å². The number of nitrogens with one attached hydrogen (secondary N) is 2. The molecule has 3 aromatic carbocycles. The van der Waals surface area contributed by atoms with Crippen LogP contribution in [0.1, 0.15) is 59.8 Å². The summed E-state index contributed by atoms with van der Waals surface area (Å²) >= 11 is 0. The van der Waals surface area contributed by atoms with Crippen LogP contribution in [0.4, 0.5) is 26.3 Å². The molecule has 51 heavy (non-hydrogen) atoms. The Kier molecular flexibility index (Phi) is 11.4. The first kappa shape index (κ1) is 38.2. The minimum absolute atomic E-state index is 0.00852. The largest absolute Gasteiger partial charge is 0.416 e. The van der Waals surface area contributed by atoms with Gasteiger partial charge in [0.05, 0.1) is 39.1 Å². The third-order valence-electron chi connectivity index (χ3n) is 8.95. The number of fused-ring (bicyclic) bond motifs is 1. The van der Waals surface area contributed by atoms with Gasteiger partial charge in [0.2, 0.25) is 0 Å². The molecule has 1 atom stereocenters. The second-order valence-corrected chi connectivity index (χ2v) is 15.3. The second-order valence-electron chi connectivity index (χ2n) is 12.8. The minimum atomic E-state index is -4.94. The number of alkyl halides is 6. The number of hydrogen-bond donors (Lipinski definition) is 3. The molecular formula is C36H38F6N4O4S. The summed E-state index contributed by atoms with van der Waals surface area (Å²) < 4.78 is 112. The van der Waals surface area contributed by atoms with Crippen LogP contribution in [-0.2, 0) is 22.6 Å². The lowest BCUT2D eigenvalue weighted by atomic mass is 9.93. The van der Waals surface area contributed by atoms with E-state index in [2.05, 4.69) is 15.6 Å². The van der Waals surface area contributed by atoms with Crippen LogP contribution in [0.2, 0.25) is 0 Å². The smallest absolute Gasteiger partial charge is 0.395 e. The van der Waals surface area contributed by atoms with Crippen molar-refractivity contribution in [2.24, 2.45) is 0 Å². The first-order valence-electron chi connectivity index (χ1n) is 16.4. The monoisotopic (exact) mass is 736 g/mol. The summed E-state index contributed by atoms with van der Waals surface area (Å²) in [6, 6.07) is 12.4. The van der Waals surface area contributed by atoms with Crippen LogP contribution >= 0.6 is 0 Å². The molecule has 4 aromatic rings. The average Bonchev–Trinajstić information content (AvgIpc) is 3.09. The molecule has 274 valence electrons. The number of likely N-dealkylation sites (tertiary alicyclic amines) is 1. The number of aliphatic hydroxyl groups is 1. The van der Waals surface area contributed by atoms with Crippen LogP contribution in [0, 0.1) is 0 Å². The Morgan fingerprint density at radius 3 is 2.25 bits per heavy atom. The van der Waals surface area contributed by atoms with Gasteiger partial charge in [0.15, 0.2) is 15.9 Å². The van der Waals surface area contributed by atoms with E-state index in [4.69, 9.17) is 0 Å². The number of benzene rings is 3. The molecule has 1 amide bonds. The summed E-state index contributed by atoms with van der Waals surface area (Å²) in [5.74, 6) is -1.20. The van der Waals surface area contributed by atoms with E-state index in [1.54, 1.807) is 0 Å². The van der Waals surface area contributed by atoms with Crippen molar-refractivity contribution >= 4 is 26.6 Å². The predicted molar refractivity (Wildman–Crippen MR) is 181 cm³/mol. The molecule has 0 radical (unpaired) electrons. The van der Waals surface area contributed by atoms with E-state index < -0.39 is 45.0 Å². The fourth-order valence-electron chi connectivity index (χ4n) is 6.22. The normalized spacial score (nSPS) is 15.7. The Morgan fingerprint density at radius 1 is 0.961 bits per heavy atom. The summed E-state index contributed by atoms with van der Waals surface area (Å²) in [6.45, 7) is 4.04. The molecule has 1 aliphatic heterocycles. The van der Waals surface area contributed by atoms with Crippen molar-refractivity contribution in [2.75, 3.05) is 26.2 Å². The maximum Gasteiger partial charge on any atom is 0.416 e. The molecule has 15 heteroatoms. The van der Waals surface area contributed by atoms with Gasteiger partial charge in [-0.1, -0.05) is 42.5 Å². The molecular weight excluding hydrogens is 698 g/mol. The Hall–Kier alpha value is -4.05. The zero-order valence-corrected chi connectivity index (χ0v) is 28.7. The van der Waals surface area contributed by atoms with Crippen molar-refractivity contribution in [1.29, 1.82) is 0 Å². The summed E-state index contributed by atoms with van der Waals surface area (Å²) in [5, 5.41) is 13.6. The van der Waals surface area contributed by atoms with E-state index in [-0.39, 0.29) is 62.9 Å². The molecule has 1 aliphatic rings. The number of carbonyl (C=O) groups is 1. The number of nitrogens with zero attached hydrogens (tertiary/aromatic N) is 2. The molecule has 0 spiro atoms. The molecule has 1 fully saturated rings. The fraction of sp³-hybridized carbons (Fsp3) is 0.389. The minimum Gasteiger partial charge on any atom is -0.395 e. The fourth-order valence-corrected chi connectivity index (χ4v) is 7.30. The van der Waals surface area contributed by atoms with Gasteiger partial charge in [-0.2, -0.15) is 26.3 Å². The number of rotatable bonds is 11. The van der Waals surface area contributed by atoms with Crippen molar-refractivity contribution in [1.82, 2.24) is 20.5 Å². The summed E-state index contributed by atoms with van der Waals surface area (Å²) in [6.07, 6.45) is -8.45. The summed E-state index contributed by atoms with van der Waals surface area (Å²) in [4.78, 5) is 20.8. The van der Waals surface area contributed by atoms with E-state index in [9.17, 15) is 44.7 Å². The first-order chi connectivity index (χ1) is 24.0. The topological polar surface area (TPSA) is 112 Å². The van der Waals surface area contributed by atoms with Crippen LogP contribution in [0.5, 0.6) is 0 Å². The van der Waals surface area contributed by atoms with E-state index >= 15 is 0 Å². The lowest BCUT2D eigenvalue weighted by molar-refractivity contribution is -0.155. The lowest BCUT2D eigenvalue weighted by Gasteiger charge is -2.33. The van der Waals surface area contributed by atoms with Gasteiger partial charge < -0.3 is 15.7 Å². The number of aromatic nitrogens is 1. The molecule has 8 nitrogen and oxygen atoms in total. The second kappa shape index (κ2) is 15.3. The van der Waals surface area contributed by atoms with Gasteiger partial charge in [-0.25, -0.2) is 13.4 Å². The molecule has 0 saturated carbocycles. The van der Waals surface area contributed by atoms with Crippen LogP contribution in [-0.4, -0.2) is 73.0 Å². The van der Waals surface area contributed by atoms with Crippen molar-refractivity contribution in [3.8, 4) is 11.3 Å². The van der Waals surface area contributed by atoms with Crippen molar-refractivity contribution in [3.05, 3.63) is 95.1 Å². The van der Waals surface area contributed by atoms with Crippen LogP contribution in [0.3, 0.4) is 0 Å². The Balaban J connectivity index is 1.76. The average molecular weight is 737 g/mol. The Bertz CT molecular complexity index is 1960. The van der Waals surface area contributed by atoms with Gasteiger partial charge in [0.25, 0.3) is 5.91 Å². The van der Waals surface area contributed by atoms with Gasteiger partial charge in [0.1, 0.15) is 0 Å². The third kappa shape index (κ3) is 8.71. The zero-order valence-electron chi connectivity index (χ0n) is 27.9. The van der Waals surface area contributed by atoms with Gasteiger partial charge >= 0.3 is 12.4 Å². The van der Waals surface area contributed by atoms with Crippen molar-refractivity contribution < 1.29 is 44.7 Å². The Morgan fingerprint density at radius 2 is 1.65 bits per heavy atom. The maximum absolute atomic E-state index is 14.6. The number of piperidine rings is 1. The number of halogens is 6. The number of carbonyl (C=O) groups excluding carboxylic acids is 1. The lowest BCUT2D eigenvalue weighted by Crippen LogP contribution is -2.43. The van der Waals surface area contributed by atoms with E-state index in [0.29, 0.717) is 32.5 Å². The predicted octanol–water partition coefficient (Wildman–Crippen LogP) is 6.68. The van der Waals surface area contributed by atoms with E-state index in [0.717, 1.165) is 12.1 Å². The number of amides is 1. The summed E-state index contributed by atoms with van der Waals surface area (Å²) in [7, 11) is -3.94. The highest BCUT2D eigenvalue weighted by Gasteiger charge is 2.43. The van der Waals surface area contributed by atoms with E-state index in [1.807, 2.05) is 4.90 Å². The third-order valence-corrected chi connectivity index (χ3v) is 11.1. The van der Waals surface area contributed by atoms with Gasteiger partial charge in [-0.15, -0.1) is 0 Å². The van der Waals surface area contributed by atoms with Crippen LogP contribution < -0.4 is 10.6 Å². The van der Waals surface area contributed by atoms with Crippen molar-refractivity contribution in [2.45, 2.75) is 67.8 Å². The van der Waals surface area contributed by atoms with Crippen molar-refractivity contribution in [3.63, 3.8) is 0 Å². The molecule has 5 rings (SSSR count). The number of sulfone groups is 1.